The Bertz CT molecular complexity index is 599. The molecule has 1 N–H and O–H groups in total. The lowest BCUT2D eigenvalue weighted by molar-refractivity contribution is 0.652. The Hall–Kier alpha value is -1.76. The van der Waals surface area contributed by atoms with Crippen LogP contribution in [0.1, 0.15) is 29.7 Å². The molecule has 102 valence electrons. The lowest BCUT2D eigenvalue weighted by atomic mass is 10.1. The molecule has 0 fully saturated rings. The zero-order valence-corrected chi connectivity index (χ0v) is 12.6. The number of thioether (sulfide) groups is 1. The number of hydrogen-bond acceptors (Lipinski definition) is 3. The van der Waals surface area contributed by atoms with Crippen LogP contribution >= 0.6 is 11.8 Å². The minimum absolute atomic E-state index is 0.376. The summed E-state index contributed by atoms with van der Waals surface area (Å²) in [5.74, 6) is 0.885. The fourth-order valence-electron chi connectivity index (χ4n) is 1.92. The quantitative estimate of drug-likeness (QED) is 0.838. The maximum Gasteiger partial charge on any atom is 0.0991 e. The second-order valence-electron chi connectivity index (χ2n) is 4.68. The van der Waals surface area contributed by atoms with E-state index in [0.29, 0.717) is 6.04 Å². The van der Waals surface area contributed by atoms with Crippen LogP contribution in [-0.4, -0.2) is 7.05 Å². The first-order valence-corrected chi connectivity index (χ1v) is 7.60. The third-order valence-corrected chi connectivity index (χ3v) is 4.36. The van der Waals surface area contributed by atoms with Gasteiger partial charge < -0.3 is 5.32 Å². The van der Waals surface area contributed by atoms with Gasteiger partial charge in [0.05, 0.1) is 11.6 Å². The smallest absolute Gasteiger partial charge is 0.0991 e. The second-order valence-corrected chi connectivity index (χ2v) is 5.73. The Morgan fingerprint density at radius 3 is 2.60 bits per heavy atom. The molecular formula is C17H18N2S. The second kappa shape index (κ2) is 7.14. The Balaban J connectivity index is 1.98. The minimum Gasteiger partial charge on any atom is -0.313 e. The largest absolute Gasteiger partial charge is 0.313 e. The average molecular weight is 282 g/mol. The summed E-state index contributed by atoms with van der Waals surface area (Å²) >= 11 is 1.79. The van der Waals surface area contributed by atoms with Crippen molar-refractivity contribution in [2.75, 3.05) is 7.05 Å². The summed E-state index contributed by atoms with van der Waals surface area (Å²) < 4.78 is 0. The highest BCUT2D eigenvalue weighted by molar-refractivity contribution is 7.98. The summed E-state index contributed by atoms with van der Waals surface area (Å²) in [5.41, 5.74) is 3.20. The number of nitrogens with one attached hydrogen (secondary N) is 1. The minimum atomic E-state index is 0.376. The highest BCUT2D eigenvalue weighted by Gasteiger charge is 2.02. The molecule has 2 nitrogen and oxygen atoms in total. The fourth-order valence-corrected chi connectivity index (χ4v) is 2.76. The van der Waals surface area contributed by atoms with Crippen molar-refractivity contribution >= 4 is 11.8 Å². The van der Waals surface area contributed by atoms with E-state index in [-0.39, 0.29) is 0 Å². The first kappa shape index (κ1) is 14.6. The molecule has 0 aliphatic carbocycles. The normalized spacial score (nSPS) is 11.8. The van der Waals surface area contributed by atoms with Crippen molar-refractivity contribution < 1.29 is 0 Å². The molecule has 0 saturated heterocycles. The van der Waals surface area contributed by atoms with Gasteiger partial charge in [-0.1, -0.05) is 24.3 Å². The van der Waals surface area contributed by atoms with E-state index in [1.54, 1.807) is 11.8 Å². The SMILES string of the molecule is CNC(C)c1ccc(SCc2cccc(C#N)c2)cc1. The molecule has 1 atom stereocenters. The highest BCUT2D eigenvalue weighted by Crippen LogP contribution is 2.24. The maximum absolute atomic E-state index is 8.89. The predicted molar refractivity (Wildman–Crippen MR) is 84.6 cm³/mol. The number of hydrogen-bond donors (Lipinski definition) is 1. The van der Waals surface area contributed by atoms with Crippen LogP contribution in [0.15, 0.2) is 53.4 Å². The summed E-state index contributed by atoms with van der Waals surface area (Å²) in [5, 5.41) is 12.1. The molecule has 0 radical (unpaired) electrons. The standard InChI is InChI=1S/C17H18N2S/c1-13(19-2)16-6-8-17(9-7-16)20-12-15-5-3-4-14(10-15)11-18/h3-10,13,19H,12H2,1-2H3. The Morgan fingerprint density at radius 1 is 1.20 bits per heavy atom. The van der Waals surface area contributed by atoms with Crippen molar-refractivity contribution in [3.05, 3.63) is 65.2 Å². The van der Waals surface area contributed by atoms with E-state index in [1.807, 2.05) is 25.2 Å². The van der Waals surface area contributed by atoms with E-state index in [9.17, 15) is 0 Å². The molecule has 0 heterocycles. The van der Waals surface area contributed by atoms with E-state index in [4.69, 9.17) is 5.26 Å². The monoisotopic (exact) mass is 282 g/mol. The molecule has 0 amide bonds. The number of rotatable bonds is 5. The van der Waals surface area contributed by atoms with Gasteiger partial charge >= 0.3 is 0 Å². The third kappa shape index (κ3) is 3.86. The van der Waals surface area contributed by atoms with E-state index >= 15 is 0 Å². The van der Waals surface area contributed by atoms with Gasteiger partial charge in [0, 0.05) is 16.7 Å². The summed E-state index contributed by atoms with van der Waals surface area (Å²) in [6, 6.07) is 19.0. The Labute approximate surface area is 124 Å². The van der Waals surface area contributed by atoms with E-state index in [2.05, 4.69) is 48.6 Å². The van der Waals surface area contributed by atoms with Gasteiger partial charge in [0.2, 0.25) is 0 Å². The lowest BCUT2D eigenvalue weighted by Crippen LogP contribution is -2.11. The molecule has 2 aromatic carbocycles. The van der Waals surface area contributed by atoms with Crippen LogP contribution in [0.2, 0.25) is 0 Å². The van der Waals surface area contributed by atoms with Crippen molar-refractivity contribution in [3.8, 4) is 6.07 Å². The Morgan fingerprint density at radius 2 is 1.95 bits per heavy atom. The summed E-state index contributed by atoms with van der Waals surface area (Å²) in [6.45, 7) is 2.15. The van der Waals surface area contributed by atoms with Crippen LogP contribution in [0, 0.1) is 11.3 Å². The van der Waals surface area contributed by atoms with Crippen LogP contribution in [0.3, 0.4) is 0 Å². The van der Waals surface area contributed by atoms with Crippen LogP contribution in [-0.2, 0) is 5.75 Å². The summed E-state index contributed by atoms with van der Waals surface area (Å²) in [7, 11) is 1.97. The first-order chi connectivity index (χ1) is 9.72. The molecule has 1 unspecified atom stereocenters. The van der Waals surface area contributed by atoms with Gasteiger partial charge in [-0.25, -0.2) is 0 Å². The lowest BCUT2D eigenvalue weighted by Gasteiger charge is -2.11. The third-order valence-electron chi connectivity index (χ3n) is 3.27. The van der Waals surface area contributed by atoms with Gasteiger partial charge in [-0.15, -0.1) is 11.8 Å². The average Bonchev–Trinajstić information content (AvgIpc) is 2.53. The molecule has 0 aromatic heterocycles. The molecule has 3 heteroatoms. The number of nitrogens with zero attached hydrogens (tertiary/aromatic N) is 1. The fraction of sp³-hybridized carbons (Fsp3) is 0.235. The first-order valence-electron chi connectivity index (χ1n) is 6.62. The maximum atomic E-state index is 8.89. The molecule has 0 saturated carbocycles. The van der Waals surface area contributed by atoms with Crippen LogP contribution in [0.25, 0.3) is 0 Å². The molecular weight excluding hydrogens is 264 g/mol. The molecule has 0 spiro atoms. The topological polar surface area (TPSA) is 35.8 Å². The van der Waals surface area contributed by atoms with Crippen LogP contribution in [0.5, 0.6) is 0 Å². The van der Waals surface area contributed by atoms with Gasteiger partial charge in [-0.3, -0.25) is 0 Å². The van der Waals surface area contributed by atoms with Crippen molar-refractivity contribution in [2.45, 2.75) is 23.6 Å². The van der Waals surface area contributed by atoms with E-state index in [1.165, 1.54) is 16.0 Å². The van der Waals surface area contributed by atoms with Crippen molar-refractivity contribution in [3.63, 3.8) is 0 Å². The zero-order chi connectivity index (χ0) is 14.4. The van der Waals surface area contributed by atoms with Gasteiger partial charge in [0.1, 0.15) is 0 Å². The van der Waals surface area contributed by atoms with Gasteiger partial charge in [0.25, 0.3) is 0 Å². The van der Waals surface area contributed by atoms with Crippen molar-refractivity contribution in [1.82, 2.24) is 5.32 Å². The number of benzene rings is 2. The van der Waals surface area contributed by atoms with Gasteiger partial charge in [-0.05, 0) is 49.4 Å². The summed E-state index contributed by atoms with van der Waals surface area (Å²) in [6.07, 6.45) is 0. The molecule has 0 aliphatic heterocycles. The number of nitriles is 1. The van der Waals surface area contributed by atoms with Gasteiger partial charge in [-0.2, -0.15) is 5.26 Å². The molecule has 0 aliphatic rings. The molecule has 2 aromatic rings. The van der Waals surface area contributed by atoms with Crippen molar-refractivity contribution in [2.24, 2.45) is 0 Å². The van der Waals surface area contributed by atoms with E-state index in [0.717, 1.165) is 11.3 Å². The predicted octanol–water partition coefficient (Wildman–Crippen LogP) is 4.13. The van der Waals surface area contributed by atoms with E-state index < -0.39 is 0 Å². The molecule has 0 bridgehead atoms. The Kier molecular flexibility index (Phi) is 5.23. The van der Waals surface area contributed by atoms with Crippen molar-refractivity contribution in [1.29, 1.82) is 5.26 Å². The molecule has 2 rings (SSSR count). The van der Waals surface area contributed by atoms with Crippen LogP contribution < -0.4 is 5.32 Å². The highest BCUT2D eigenvalue weighted by atomic mass is 32.2. The zero-order valence-electron chi connectivity index (χ0n) is 11.8. The molecule has 20 heavy (non-hydrogen) atoms. The summed E-state index contributed by atoms with van der Waals surface area (Å²) in [4.78, 5) is 1.25. The van der Waals surface area contributed by atoms with Gasteiger partial charge in [0.15, 0.2) is 0 Å². The van der Waals surface area contributed by atoms with Crippen LogP contribution in [0.4, 0.5) is 0 Å².